The minimum atomic E-state index is -0.942. The summed E-state index contributed by atoms with van der Waals surface area (Å²) in [4.78, 5) is 35.2. The zero-order valence-electron chi connectivity index (χ0n) is 23.8. The molecule has 4 aliphatic rings. The van der Waals surface area contributed by atoms with E-state index in [4.69, 9.17) is 5.11 Å². The van der Waals surface area contributed by atoms with Gasteiger partial charge >= 0.3 is 5.97 Å². The zero-order chi connectivity index (χ0) is 26.7. The molecule has 8 atom stereocenters. The van der Waals surface area contributed by atoms with Crippen LogP contribution in [0.15, 0.2) is 0 Å². The number of hydrogen-bond donors (Lipinski definition) is 2. The first-order valence-electron chi connectivity index (χ1n) is 14.5. The van der Waals surface area contributed by atoms with E-state index in [1.807, 2.05) is 25.9 Å². The Hall–Kier alpha value is -1.43. The second-order valence-electron chi connectivity index (χ2n) is 13.4. The van der Waals surface area contributed by atoms with Crippen molar-refractivity contribution in [3.63, 3.8) is 0 Å². The second kappa shape index (κ2) is 12.0. The molecule has 2 N–H and O–H groups in total. The monoisotopic (exact) mass is 504 g/mol. The fourth-order valence-corrected chi connectivity index (χ4v) is 8.87. The lowest BCUT2D eigenvalue weighted by atomic mass is 9.44. The number of likely N-dealkylation sites (N-methyl/N-ethyl adjacent to an activating group) is 1. The highest BCUT2D eigenvalue weighted by molar-refractivity contribution is 5.80. The summed E-state index contributed by atoms with van der Waals surface area (Å²) in [5.41, 5.74) is 0.948. The fraction of sp³-hybridized carbons (Fsp3) is 0.900. The molecule has 4 rings (SSSR count). The first-order valence-corrected chi connectivity index (χ1v) is 14.5. The Labute approximate surface area is 219 Å². The molecular formula is C30H52N2O4. The highest BCUT2D eigenvalue weighted by Crippen LogP contribution is 2.67. The number of aliphatic carboxylic acids is 1. The Morgan fingerprint density at radius 1 is 0.917 bits per heavy atom. The summed E-state index contributed by atoms with van der Waals surface area (Å²) in [6, 6.07) is 0. The molecule has 6 heteroatoms. The Balaban J connectivity index is 0.000000240. The van der Waals surface area contributed by atoms with E-state index in [1.165, 1.54) is 57.8 Å². The number of nitrogens with zero attached hydrogens (tertiary/aromatic N) is 1. The minimum Gasteiger partial charge on any atom is -0.481 e. The van der Waals surface area contributed by atoms with Crippen molar-refractivity contribution >= 4 is 17.7 Å². The van der Waals surface area contributed by atoms with E-state index in [0.29, 0.717) is 29.1 Å². The number of fused-ring (bicyclic) bond motifs is 5. The van der Waals surface area contributed by atoms with Crippen LogP contribution >= 0.6 is 0 Å². The molecule has 0 aromatic heterocycles. The third kappa shape index (κ3) is 6.34. The van der Waals surface area contributed by atoms with Gasteiger partial charge in [-0.1, -0.05) is 27.2 Å². The van der Waals surface area contributed by atoms with Crippen LogP contribution in [0.2, 0.25) is 0 Å². The van der Waals surface area contributed by atoms with Gasteiger partial charge in [0.2, 0.25) is 5.91 Å². The van der Waals surface area contributed by atoms with Crippen LogP contribution in [-0.2, 0) is 14.4 Å². The molecule has 0 spiro atoms. The summed E-state index contributed by atoms with van der Waals surface area (Å²) in [7, 11) is 3.81. The molecule has 36 heavy (non-hydrogen) atoms. The molecule has 1 amide bonds. The summed E-state index contributed by atoms with van der Waals surface area (Å²) >= 11 is 0. The molecule has 6 nitrogen and oxygen atoms in total. The maximum Gasteiger partial charge on any atom is 0.303 e. The number of rotatable bonds is 7. The first-order chi connectivity index (χ1) is 16.9. The lowest BCUT2D eigenvalue weighted by Crippen LogP contribution is -2.53. The molecule has 4 fully saturated rings. The van der Waals surface area contributed by atoms with Crippen LogP contribution in [0.5, 0.6) is 0 Å². The fourth-order valence-electron chi connectivity index (χ4n) is 8.87. The van der Waals surface area contributed by atoms with Crippen molar-refractivity contribution in [3.8, 4) is 0 Å². The number of nitrogens with one attached hydrogen (secondary N) is 1. The standard InChI is InChI=1S/C22H36O.C8H16N2O3/c1-14-9-11-21(3)16(13-14)5-6-17-19-8-7-18(15(2)23)22(19,4)12-10-20(17)21;1-10(2)6-5-9-7(11)3-4-8(12)13/h14,16-20H,5-13H2,1-4H3;3-6H2,1-2H3,(H,9,11)(H,12,13). The molecule has 0 saturated heterocycles. The van der Waals surface area contributed by atoms with Gasteiger partial charge in [0.1, 0.15) is 5.78 Å². The van der Waals surface area contributed by atoms with Gasteiger partial charge < -0.3 is 15.3 Å². The molecule has 4 saturated carbocycles. The number of hydrogen-bond acceptors (Lipinski definition) is 4. The molecule has 0 aromatic rings. The predicted octanol–water partition coefficient (Wildman–Crippen LogP) is 5.40. The van der Waals surface area contributed by atoms with E-state index in [1.54, 1.807) is 0 Å². The Bertz CT molecular complexity index is 798. The first kappa shape index (κ1) is 29.1. The number of carbonyl (C=O) groups excluding carboxylic acids is 2. The lowest BCUT2D eigenvalue weighted by Gasteiger charge is -2.61. The average Bonchev–Trinajstić information content (AvgIpc) is 3.16. The van der Waals surface area contributed by atoms with Gasteiger partial charge in [0, 0.05) is 25.4 Å². The van der Waals surface area contributed by atoms with E-state index < -0.39 is 5.97 Å². The quantitative estimate of drug-likeness (QED) is 0.485. The van der Waals surface area contributed by atoms with Crippen LogP contribution in [0.3, 0.4) is 0 Å². The van der Waals surface area contributed by atoms with Crippen molar-refractivity contribution < 1.29 is 19.5 Å². The second-order valence-corrected chi connectivity index (χ2v) is 13.4. The van der Waals surface area contributed by atoms with Crippen LogP contribution in [-0.4, -0.2) is 54.9 Å². The van der Waals surface area contributed by atoms with Gasteiger partial charge in [-0.05, 0) is 113 Å². The number of Topliss-reactive ketones (excluding diaryl/α,β-unsaturated/α-hetero) is 1. The molecule has 4 aliphatic carbocycles. The molecule has 0 heterocycles. The van der Waals surface area contributed by atoms with Crippen molar-refractivity contribution in [2.75, 3.05) is 27.2 Å². The minimum absolute atomic E-state index is 0.0583. The van der Waals surface area contributed by atoms with Gasteiger partial charge in [-0.2, -0.15) is 0 Å². The van der Waals surface area contributed by atoms with Crippen molar-refractivity contribution in [3.05, 3.63) is 0 Å². The van der Waals surface area contributed by atoms with Gasteiger partial charge in [0.05, 0.1) is 6.42 Å². The lowest BCUT2D eigenvalue weighted by molar-refractivity contribution is -0.138. The van der Waals surface area contributed by atoms with E-state index >= 15 is 0 Å². The molecule has 0 radical (unpaired) electrons. The van der Waals surface area contributed by atoms with Crippen LogP contribution in [0, 0.1) is 46.3 Å². The van der Waals surface area contributed by atoms with Crippen molar-refractivity contribution in [1.29, 1.82) is 0 Å². The van der Waals surface area contributed by atoms with Gasteiger partial charge in [-0.3, -0.25) is 14.4 Å². The summed E-state index contributed by atoms with van der Waals surface area (Å²) in [5, 5.41) is 10.9. The average molecular weight is 505 g/mol. The van der Waals surface area contributed by atoms with Gasteiger partial charge in [0.15, 0.2) is 0 Å². The molecule has 0 aromatic carbocycles. The highest BCUT2D eigenvalue weighted by atomic mass is 16.4. The maximum atomic E-state index is 12.2. The summed E-state index contributed by atoms with van der Waals surface area (Å²) in [6.45, 7) is 10.8. The van der Waals surface area contributed by atoms with E-state index in [0.717, 1.165) is 36.1 Å². The normalized spacial score (nSPS) is 39.2. The summed E-state index contributed by atoms with van der Waals surface area (Å²) in [5.74, 6) is 4.35. The van der Waals surface area contributed by atoms with Crippen LogP contribution in [0.4, 0.5) is 0 Å². The largest absolute Gasteiger partial charge is 0.481 e. The summed E-state index contributed by atoms with van der Waals surface area (Å²) < 4.78 is 0. The number of carbonyl (C=O) groups is 3. The maximum absolute atomic E-state index is 12.2. The van der Waals surface area contributed by atoms with Gasteiger partial charge in [-0.25, -0.2) is 0 Å². The molecular weight excluding hydrogens is 452 g/mol. The van der Waals surface area contributed by atoms with Crippen LogP contribution < -0.4 is 5.32 Å². The smallest absolute Gasteiger partial charge is 0.303 e. The van der Waals surface area contributed by atoms with Crippen LogP contribution in [0.25, 0.3) is 0 Å². The SMILES string of the molecule is CC(=O)C1CCC2C3CCC4CC(C)CCC4(C)C3CCC12C.CN(C)CCNC(=O)CCC(=O)O. The predicted molar refractivity (Wildman–Crippen MR) is 143 cm³/mol. The number of carboxylic acids is 1. The number of ketones is 1. The van der Waals surface area contributed by atoms with Gasteiger partial charge in [0.25, 0.3) is 0 Å². The van der Waals surface area contributed by atoms with E-state index in [2.05, 4.69) is 26.1 Å². The Morgan fingerprint density at radius 2 is 1.58 bits per heavy atom. The number of carboxylic acid groups (broad SMARTS) is 1. The van der Waals surface area contributed by atoms with Crippen molar-refractivity contribution in [2.45, 2.75) is 98.3 Å². The van der Waals surface area contributed by atoms with Crippen LogP contribution in [0.1, 0.15) is 98.3 Å². The van der Waals surface area contributed by atoms with Crippen molar-refractivity contribution in [1.82, 2.24) is 10.2 Å². The Morgan fingerprint density at radius 3 is 2.22 bits per heavy atom. The van der Waals surface area contributed by atoms with Crippen molar-refractivity contribution in [2.24, 2.45) is 46.3 Å². The topological polar surface area (TPSA) is 86.7 Å². The van der Waals surface area contributed by atoms with Gasteiger partial charge in [-0.15, -0.1) is 0 Å². The third-order valence-electron chi connectivity index (χ3n) is 10.9. The number of amides is 1. The molecule has 0 aliphatic heterocycles. The zero-order valence-corrected chi connectivity index (χ0v) is 23.8. The molecule has 0 bridgehead atoms. The molecule has 206 valence electrons. The summed E-state index contributed by atoms with van der Waals surface area (Å²) in [6.07, 6.45) is 12.5. The van der Waals surface area contributed by atoms with E-state index in [-0.39, 0.29) is 18.7 Å². The highest BCUT2D eigenvalue weighted by Gasteiger charge is 2.60. The van der Waals surface area contributed by atoms with E-state index in [9.17, 15) is 14.4 Å². The molecule has 8 unspecified atom stereocenters. The Kier molecular flexibility index (Phi) is 9.68. The third-order valence-corrected chi connectivity index (χ3v) is 10.9.